The number of piperidine rings is 1. The molecule has 0 saturated carbocycles. The molecule has 0 spiro atoms. The quantitative estimate of drug-likeness (QED) is 0.543. The van der Waals surface area contributed by atoms with Crippen molar-refractivity contribution in [1.29, 1.82) is 0 Å². The maximum atomic E-state index is 10.8. The van der Waals surface area contributed by atoms with Gasteiger partial charge >= 0.3 is 10.4 Å². The van der Waals surface area contributed by atoms with E-state index in [1.165, 1.54) is 6.42 Å². The van der Waals surface area contributed by atoms with E-state index < -0.39 is 16.6 Å². The van der Waals surface area contributed by atoms with Crippen LogP contribution in [0.2, 0.25) is 0 Å². The van der Waals surface area contributed by atoms with Gasteiger partial charge in [-0.15, -0.1) is 4.28 Å². The summed E-state index contributed by atoms with van der Waals surface area (Å²) in [6.45, 7) is 6.08. The average Bonchev–Trinajstić information content (AvgIpc) is 2.41. The van der Waals surface area contributed by atoms with Gasteiger partial charge in [-0.1, -0.05) is 13.8 Å². The van der Waals surface area contributed by atoms with E-state index in [1.54, 1.807) is 6.08 Å². The zero-order valence-corrected chi connectivity index (χ0v) is 14.0. The first-order valence-corrected chi connectivity index (χ1v) is 8.56. The fourth-order valence-electron chi connectivity index (χ4n) is 2.70. The van der Waals surface area contributed by atoms with Crippen molar-refractivity contribution >= 4 is 16.4 Å². The van der Waals surface area contributed by atoms with Crippen LogP contribution in [0, 0.1) is 11.8 Å². The third-order valence-corrected chi connectivity index (χ3v) is 4.29. The van der Waals surface area contributed by atoms with Gasteiger partial charge in [0.15, 0.2) is 0 Å². The van der Waals surface area contributed by atoms with Crippen LogP contribution < -0.4 is 11.5 Å². The lowest BCUT2D eigenvalue weighted by molar-refractivity contribution is -0.0136. The molecule has 0 radical (unpaired) electrons. The predicted octanol–water partition coefficient (Wildman–Crippen LogP) is -0.979. The van der Waals surface area contributed by atoms with Gasteiger partial charge in [-0.25, -0.2) is 0 Å². The second-order valence-corrected chi connectivity index (χ2v) is 6.91. The molecule has 2 rings (SSSR count). The number of nitrogens with zero attached hydrogens (tertiary/aromatic N) is 3. The molecule has 1 fully saturated rings. The molecule has 7 N–H and O–H groups in total. The van der Waals surface area contributed by atoms with E-state index in [4.69, 9.17) is 16.0 Å². The molecule has 2 unspecified atom stereocenters. The molecule has 0 aromatic carbocycles. The van der Waals surface area contributed by atoms with Crippen molar-refractivity contribution in [3.8, 4) is 0 Å². The van der Waals surface area contributed by atoms with Crippen LogP contribution >= 0.6 is 0 Å². The van der Waals surface area contributed by atoms with Gasteiger partial charge in [-0.3, -0.25) is 4.55 Å². The highest BCUT2D eigenvalue weighted by Crippen LogP contribution is 2.27. The Balaban J connectivity index is 0.00000264. The van der Waals surface area contributed by atoms with Crippen molar-refractivity contribution in [2.45, 2.75) is 32.9 Å². The minimum atomic E-state index is -4.71. The van der Waals surface area contributed by atoms with Gasteiger partial charge in [0, 0.05) is 13.1 Å². The van der Waals surface area contributed by atoms with E-state index in [0.29, 0.717) is 22.7 Å². The van der Waals surface area contributed by atoms with Gasteiger partial charge in [-0.2, -0.15) is 18.5 Å². The number of hydroxylamine groups is 2. The van der Waals surface area contributed by atoms with E-state index in [0.717, 1.165) is 19.5 Å². The van der Waals surface area contributed by atoms with Crippen LogP contribution in [0.4, 0.5) is 0 Å². The number of likely N-dealkylation sites (tertiary alicyclic amines) is 1. The highest BCUT2D eigenvalue weighted by Gasteiger charge is 2.30. The van der Waals surface area contributed by atoms with Crippen LogP contribution in [0.1, 0.15) is 26.7 Å². The summed E-state index contributed by atoms with van der Waals surface area (Å²) in [7, 11) is -4.71. The first-order chi connectivity index (χ1) is 10.2. The van der Waals surface area contributed by atoms with Gasteiger partial charge in [0.05, 0.1) is 0 Å². The van der Waals surface area contributed by atoms with Crippen molar-refractivity contribution in [3.05, 3.63) is 11.9 Å². The molecule has 134 valence electrons. The molecule has 10 nitrogen and oxygen atoms in total. The van der Waals surface area contributed by atoms with Crippen LogP contribution in [-0.4, -0.2) is 53.6 Å². The predicted molar refractivity (Wildman–Crippen MR) is 84.9 cm³/mol. The highest BCUT2D eigenvalue weighted by molar-refractivity contribution is 7.80. The van der Waals surface area contributed by atoms with Gasteiger partial charge in [0.1, 0.15) is 12.0 Å². The summed E-state index contributed by atoms with van der Waals surface area (Å²) < 4.78 is 34.6. The summed E-state index contributed by atoms with van der Waals surface area (Å²) in [5, 5.41) is 0.655. The number of aliphatic imine (C=N–C) groups is 1. The number of nitrogens with two attached hydrogens (primary N) is 2. The molecule has 11 heteroatoms. The number of hydrogen-bond acceptors (Lipinski definition) is 8. The second-order valence-electron chi connectivity index (χ2n) is 5.91. The molecule has 23 heavy (non-hydrogen) atoms. The van der Waals surface area contributed by atoms with Crippen molar-refractivity contribution < 1.29 is 22.7 Å². The Morgan fingerprint density at radius 2 is 2.13 bits per heavy atom. The molecular weight excluding hydrogens is 326 g/mol. The van der Waals surface area contributed by atoms with E-state index in [-0.39, 0.29) is 11.4 Å². The Morgan fingerprint density at radius 1 is 1.48 bits per heavy atom. The van der Waals surface area contributed by atoms with Crippen molar-refractivity contribution in [2.24, 2.45) is 28.3 Å². The SMILES string of the molecule is CC(C)C1CCCN(C2=CC(N)N(OS(=O)(=O)O)C(N)=N2)C1.O. The fourth-order valence-corrected chi connectivity index (χ4v) is 3.08. The van der Waals surface area contributed by atoms with Crippen LogP contribution in [-0.2, 0) is 14.7 Å². The summed E-state index contributed by atoms with van der Waals surface area (Å²) in [6, 6.07) is 0. The average molecular weight is 351 g/mol. The zero-order chi connectivity index (χ0) is 16.5. The third-order valence-electron chi connectivity index (χ3n) is 3.94. The Kier molecular flexibility index (Phi) is 6.36. The fraction of sp³-hybridized carbons (Fsp3) is 0.750. The first kappa shape index (κ1) is 19.6. The highest BCUT2D eigenvalue weighted by atomic mass is 32.3. The molecule has 0 amide bonds. The van der Waals surface area contributed by atoms with E-state index >= 15 is 0 Å². The van der Waals surface area contributed by atoms with Crippen molar-refractivity contribution in [2.75, 3.05) is 13.1 Å². The Hall–Kier alpha value is -1.40. The van der Waals surface area contributed by atoms with Crippen LogP contribution in [0.3, 0.4) is 0 Å². The molecule has 2 aliphatic heterocycles. The van der Waals surface area contributed by atoms with Gasteiger partial charge in [0.25, 0.3) is 0 Å². The molecular formula is C12H25N5O5S. The summed E-state index contributed by atoms with van der Waals surface area (Å²) in [4.78, 5) is 6.23. The lowest BCUT2D eigenvalue weighted by atomic mass is 9.88. The summed E-state index contributed by atoms with van der Waals surface area (Å²) in [5.41, 5.74) is 11.5. The molecule has 0 aromatic heterocycles. The number of hydrogen-bond donors (Lipinski definition) is 3. The van der Waals surface area contributed by atoms with E-state index in [1.807, 2.05) is 0 Å². The molecule has 0 aromatic rings. The van der Waals surface area contributed by atoms with Crippen molar-refractivity contribution in [3.63, 3.8) is 0 Å². The topological polar surface area (TPSA) is 166 Å². The van der Waals surface area contributed by atoms with E-state index in [9.17, 15) is 8.42 Å². The minimum absolute atomic E-state index is 0. The summed E-state index contributed by atoms with van der Waals surface area (Å²) >= 11 is 0. The largest absolute Gasteiger partial charge is 0.418 e. The maximum absolute atomic E-state index is 10.8. The maximum Gasteiger partial charge on any atom is 0.418 e. The first-order valence-electron chi connectivity index (χ1n) is 7.20. The lowest BCUT2D eigenvalue weighted by Gasteiger charge is -2.38. The molecule has 0 bridgehead atoms. The minimum Gasteiger partial charge on any atom is -0.412 e. The van der Waals surface area contributed by atoms with Crippen LogP contribution in [0.5, 0.6) is 0 Å². The summed E-state index contributed by atoms with van der Waals surface area (Å²) in [5.74, 6) is 1.52. The van der Waals surface area contributed by atoms with Crippen LogP contribution in [0.25, 0.3) is 0 Å². The molecule has 0 aliphatic carbocycles. The smallest absolute Gasteiger partial charge is 0.412 e. The second kappa shape index (κ2) is 7.45. The van der Waals surface area contributed by atoms with Gasteiger partial charge in [-0.05, 0) is 30.8 Å². The molecule has 2 aliphatic rings. The van der Waals surface area contributed by atoms with Gasteiger partial charge in [0.2, 0.25) is 5.96 Å². The zero-order valence-electron chi connectivity index (χ0n) is 13.2. The molecule has 2 heterocycles. The van der Waals surface area contributed by atoms with E-state index in [2.05, 4.69) is 28.0 Å². The standard InChI is InChI=1S/C12H23N5O4S.H2O/c1-8(2)9-4-3-5-16(7-9)11-6-10(13)17(12(14)15-11)21-22(18,19)20;/h6,8-10H,3-5,7,13H2,1-2H3,(H2,14,15)(H,18,19,20);1H2. The van der Waals surface area contributed by atoms with Crippen molar-refractivity contribution in [1.82, 2.24) is 9.96 Å². The summed E-state index contributed by atoms with van der Waals surface area (Å²) in [6.07, 6.45) is 2.83. The van der Waals surface area contributed by atoms with Crippen LogP contribution in [0.15, 0.2) is 16.9 Å². The monoisotopic (exact) mass is 351 g/mol. The molecule has 1 saturated heterocycles. The number of guanidine groups is 1. The normalized spacial score (nSPS) is 25.8. The Bertz CT molecular complexity index is 576. The lowest BCUT2D eigenvalue weighted by Crippen LogP contribution is -2.52. The third kappa shape index (κ3) is 5.04. The molecule has 2 atom stereocenters. The van der Waals surface area contributed by atoms with Gasteiger partial charge < -0.3 is 21.8 Å². The number of rotatable bonds is 4. The Morgan fingerprint density at radius 3 is 2.65 bits per heavy atom. The Labute approximate surface area is 136 Å².